The van der Waals surface area contributed by atoms with E-state index in [2.05, 4.69) is 9.71 Å². The van der Waals surface area contributed by atoms with Gasteiger partial charge in [-0.25, -0.2) is 18.1 Å². The number of rotatable bonds is 5. The van der Waals surface area contributed by atoms with Crippen LogP contribution in [0.1, 0.15) is 11.7 Å². The first-order valence-electron chi connectivity index (χ1n) is 6.59. The van der Waals surface area contributed by atoms with Crippen molar-refractivity contribution in [3.63, 3.8) is 0 Å². The lowest BCUT2D eigenvalue weighted by atomic mass is 10.1. The molecule has 22 heavy (non-hydrogen) atoms. The van der Waals surface area contributed by atoms with Crippen LogP contribution in [0, 0.1) is 0 Å². The zero-order chi connectivity index (χ0) is 15.7. The molecule has 0 saturated heterocycles. The fraction of sp³-hybridized carbons (Fsp3) is 0.214. The Morgan fingerprint density at radius 1 is 1.41 bits per heavy atom. The van der Waals surface area contributed by atoms with Crippen molar-refractivity contribution in [2.45, 2.75) is 11.1 Å². The Bertz CT molecular complexity index is 899. The molecule has 8 heteroatoms. The molecule has 2 N–H and O–H groups in total. The summed E-state index contributed by atoms with van der Waals surface area (Å²) in [6, 6.07) is 7.70. The summed E-state index contributed by atoms with van der Waals surface area (Å²) in [5.74, 6) is 0. The summed E-state index contributed by atoms with van der Waals surface area (Å²) < 4.78 is 29.2. The molecule has 1 aromatic carbocycles. The third-order valence-electron chi connectivity index (χ3n) is 3.29. The van der Waals surface area contributed by atoms with E-state index < -0.39 is 16.1 Å². The number of hydrogen-bond acceptors (Lipinski definition) is 5. The minimum absolute atomic E-state index is 0.0580. The molecule has 2 heterocycles. The smallest absolute Gasteiger partial charge is 0.259 e. The van der Waals surface area contributed by atoms with Gasteiger partial charge in [-0.05, 0) is 16.8 Å². The number of benzene rings is 1. The summed E-state index contributed by atoms with van der Waals surface area (Å²) in [7, 11) is -2.02. The van der Waals surface area contributed by atoms with Crippen LogP contribution in [-0.2, 0) is 17.1 Å². The second-order valence-corrected chi connectivity index (χ2v) is 7.56. The van der Waals surface area contributed by atoms with Crippen LogP contribution in [0.2, 0.25) is 0 Å². The molecule has 0 radical (unpaired) electrons. The number of aliphatic hydroxyl groups excluding tert-OH is 1. The maximum absolute atomic E-state index is 12.1. The lowest BCUT2D eigenvalue weighted by Gasteiger charge is -2.11. The largest absolute Gasteiger partial charge is 0.387 e. The zero-order valence-corrected chi connectivity index (χ0v) is 13.4. The Hall–Kier alpha value is -1.74. The molecule has 0 aliphatic heterocycles. The van der Waals surface area contributed by atoms with Crippen LogP contribution in [0.25, 0.3) is 10.1 Å². The second kappa shape index (κ2) is 5.81. The average molecular weight is 337 g/mol. The number of nitrogens with one attached hydrogen (secondary N) is 1. The van der Waals surface area contributed by atoms with E-state index >= 15 is 0 Å². The van der Waals surface area contributed by atoms with E-state index in [1.165, 1.54) is 23.9 Å². The Balaban J connectivity index is 1.76. The third kappa shape index (κ3) is 2.91. The zero-order valence-electron chi connectivity index (χ0n) is 11.8. The molecule has 0 spiro atoms. The van der Waals surface area contributed by atoms with Crippen LogP contribution in [0.5, 0.6) is 0 Å². The van der Waals surface area contributed by atoms with E-state index in [0.717, 1.165) is 15.6 Å². The van der Waals surface area contributed by atoms with Gasteiger partial charge in [-0.2, -0.15) is 0 Å². The number of aryl methyl sites for hydroxylation is 1. The van der Waals surface area contributed by atoms with Gasteiger partial charge in [0.1, 0.15) is 0 Å². The summed E-state index contributed by atoms with van der Waals surface area (Å²) in [5.41, 5.74) is 0.726. The first-order valence-corrected chi connectivity index (χ1v) is 8.95. The Labute approximate surface area is 132 Å². The highest BCUT2D eigenvalue weighted by Crippen LogP contribution is 2.30. The lowest BCUT2D eigenvalue weighted by Crippen LogP contribution is -2.28. The monoisotopic (exact) mass is 337 g/mol. The van der Waals surface area contributed by atoms with Gasteiger partial charge in [0.25, 0.3) is 10.0 Å². The molecule has 0 bridgehead atoms. The van der Waals surface area contributed by atoms with Crippen LogP contribution >= 0.6 is 11.3 Å². The van der Waals surface area contributed by atoms with Gasteiger partial charge in [0.2, 0.25) is 0 Å². The molecule has 3 aromatic rings. The van der Waals surface area contributed by atoms with Crippen LogP contribution in [0.3, 0.4) is 0 Å². The quantitative estimate of drug-likeness (QED) is 0.741. The molecule has 0 aliphatic carbocycles. The highest BCUT2D eigenvalue weighted by molar-refractivity contribution is 7.89. The highest BCUT2D eigenvalue weighted by atomic mass is 32.2. The number of thiophene rings is 1. The summed E-state index contributed by atoms with van der Waals surface area (Å²) in [6.45, 7) is -0.0976. The van der Waals surface area contributed by atoms with E-state index in [1.807, 2.05) is 29.6 Å². The van der Waals surface area contributed by atoms with Gasteiger partial charge >= 0.3 is 0 Å². The van der Waals surface area contributed by atoms with Crippen molar-refractivity contribution in [2.75, 3.05) is 6.54 Å². The average Bonchev–Trinajstić information content (AvgIpc) is 3.11. The Kier molecular flexibility index (Phi) is 4.00. The molecule has 0 unspecified atom stereocenters. The maximum atomic E-state index is 12.1. The fourth-order valence-electron chi connectivity index (χ4n) is 2.16. The van der Waals surface area contributed by atoms with Crippen molar-refractivity contribution in [1.82, 2.24) is 14.3 Å². The van der Waals surface area contributed by atoms with Crippen molar-refractivity contribution in [3.8, 4) is 0 Å². The van der Waals surface area contributed by atoms with Gasteiger partial charge in [-0.15, -0.1) is 11.3 Å². The van der Waals surface area contributed by atoms with E-state index in [4.69, 9.17) is 0 Å². The lowest BCUT2D eigenvalue weighted by molar-refractivity contribution is 0.184. The van der Waals surface area contributed by atoms with Crippen molar-refractivity contribution in [3.05, 3.63) is 47.7 Å². The van der Waals surface area contributed by atoms with Gasteiger partial charge in [-0.1, -0.05) is 18.2 Å². The van der Waals surface area contributed by atoms with Crippen molar-refractivity contribution < 1.29 is 13.5 Å². The molecule has 0 aliphatic rings. The van der Waals surface area contributed by atoms with Crippen molar-refractivity contribution in [1.29, 1.82) is 0 Å². The third-order valence-corrected chi connectivity index (χ3v) is 5.58. The molecular formula is C14H15N3O3S2. The van der Waals surface area contributed by atoms with Crippen LogP contribution in [-0.4, -0.2) is 29.6 Å². The standard InChI is InChI=1S/C14H15N3O3S2/c1-17-7-14(15-9-17)22(19,20)16-6-12(18)11-8-21-13-5-3-2-4-10(11)13/h2-5,7-9,12,16,18H,6H2,1H3/t12-/m1/s1. The number of imidazole rings is 1. The number of aromatic nitrogens is 2. The van der Waals surface area contributed by atoms with E-state index in [9.17, 15) is 13.5 Å². The molecule has 116 valence electrons. The number of nitrogens with zero attached hydrogens (tertiary/aromatic N) is 2. The molecular weight excluding hydrogens is 322 g/mol. The van der Waals surface area contributed by atoms with Crippen LogP contribution in [0.4, 0.5) is 0 Å². The topological polar surface area (TPSA) is 84.2 Å². The summed E-state index contributed by atoms with van der Waals surface area (Å²) in [4.78, 5) is 3.81. The van der Waals surface area contributed by atoms with Gasteiger partial charge < -0.3 is 9.67 Å². The molecule has 0 saturated carbocycles. The van der Waals surface area contributed by atoms with Gasteiger partial charge in [0.05, 0.1) is 12.4 Å². The minimum Gasteiger partial charge on any atom is -0.387 e. The fourth-order valence-corrected chi connectivity index (χ4v) is 4.18. The predicted octanol–water partition coefficient (Wildman–Crippen LogP) is 1.65. The van der Waals surface area contributed by atoms with Gasteiger partial charge in [0, 0.05) is 30.1 Å². The van der Waals surface area contributed by atoms with Crippen LogP contribution in [0.15, 0.2) is 47.2 Å². The molecule has 3 rings (SSSR count). The van der Waals surface area contributed by atoms with Crippen LogP contribution < -0.4 is 4.72 Å². The number of sulfonamides is 1. The summed E-state index contributed by atoms with van der Waals surface area (Å²) in [6.07, 6.45) is 1.92. The molecule has 2 aromatic heterocycles. The van der Waals surface area contributed by atoms with E-state index in [1.54, 1.807) is 11.6 Å². The predicted molar refractivity (Wildman–Crippen MR) is 85.2 cm³/mol. The first-order chi connectivity index (χ1) is 10.5. The van der Waals surface area contributed by atoms with Gasteiger partial charge in [-0.3, -0.25) is 0 Å². The number of aliphatic hydroxyl groups is 1. The Morgan fingerprint density at radius 2 is 2.18 bits per heavy atom. The maximum Gasteiger partial charge on any atom is 0.259 e. The van der Waals surface area contributed by atoms with Crippen molar-refractivity contribution in [2.24, 2.45) is 7.05 Å². The molecule has 0 fully saturated rings. The van der Waals surface area contributed by atoms with Crippen molar-refractivity contribution >= 4 is 31.4 Å². The number of hydrogen-bond donors (Lipinski definition) is 2. The summed E-state index contributed by atoms with van der Waals surface area (Å²) >= 11 is 1.52. The molecule has 1 atom stereocenters. The normalized spacial score (nSPS) is 13.5. The van der Waals surface area contributed by atoms with E-state index in [-0.39, 0.29) is 11.6 Å². The molecule has 6 nitrogen and oxygen atoms in total. The van der Waals surface area contributed by atoms with Gasteiger partial charge in [0.15, 0.2) is 5.03 Å². The summed E-state index contributed by atoms with van der Waals surface area (Å²) in [5, 5.41) is 13.0. The molecule has 0 amide bonds. The SMILES string of the molecule is Cn1cnc(S(=O)(=O)NC[C@@H](O)c2csc3ccccc23)c1. The second-order valence-electron chi connectivity index (χ2n) is 4.93. The Morgan fingerprint density at radius 3 is 2.91 bits per heavy atom. The first kappa shape index (κ1) is 15.2. The highest BCUT2D eigenvalue weighted by Gasteiger charge is 2.20. The van der Waals surface area contributed by atoms with E-state index in [0.29, 0.717) is 0 Å². The number of fused-ring (bicyclic) bond motifs is 1. The minimum atomic E-state index is -3.72.